The van der Waals surface area contributed by atoms with Crippen molar-refractivity contribution in [1.82, 2.24) is 4.90 Å². The lowest BCUT2D eigenvalue weighted by Crippen LogP contribution is -2.19. The van der Waals surface area contributed by atoms with Crippen molar-refractivity contribution in [2.24, 2.45) is 0 Å². The van der Waals surface area contributed by atoms with Crippen LogP contribution >= 0.6 is 0 Å². The molecule has 1 unspecified atom stereocenters. The van der Waals surface area contributed by atoms with Gasteiger partial charge in [0.25, 0.3) is 0 Å². The lowest BCUT2D eigenvalue weighted by Gasteiger charge is -2.27. The molecule has 5 nitrogen and oxygen atoms in total. The maximum absolute atomic E-state index is 9.81. The van der Waals surface area contributed by atoms with Crippen LogP contribution in [-0.4, -0.2) is 50.9 Å². The van der Waals surface area contributed by atoms with Gasteiger partial charge in [-0.1, -0.05) is 24.3 Å². The maximum atomic E-state index is 9.81. The smallest absolute Gasteiger partial charge is 0.120 e. The number of rotatable bonds is 11. The predicted octanol–water partition coefficient (Wildman–Crippen LogP) is 5.66. The quantitative estimate of drug-likeness (QED) is 0.351. The Kier molecular flexibility index (Phi) is 8.54. The van der Waals surface area contributed by atoms with Crippen molar-refractivity contribution in [2.75, 3.05) is 46.2 Å². The van der Waals surface area contributed by atoms with E-state index in [1.807, 2.05) is 6.07 Å². The van der Waals surface area contributed by atoms with E-state index in [0.29, 0.717) is 18.3 Å². The van der Waals surface area contributed by atoms with Gasteiger partial charge in [0, 0.05) is 24.8 Å². The molecule has 0 saturated carbocycles. The number of methoxy groups -OCH3 is 1. The largest absolute Gasteiger partial charge is 0.508 e. The van der Waals surface area contributed by atoms with Crippen molar-refractivity contribution in [2.45, 2.75) is 38.0 Å². The summed E-state index contributed by atoms with van der Waals surface area (Å²) in [6, 6.07) is 20.7. The van der Waals surface area contributed by atoms with E-state index in [0.717, 1.165) is 56.7 Å². The van der Waals surface area contributed by atoms with Crippen molar-refractivity contribution in [1.29, 1.82) is 0 Å². The third-order valence-electron chi connectivity index (χ3n) is 6.81. The zero-order valence-electron chi connectivity index (χ0n) is 21.2. The Labute approximate surface area is 209 Å². The number of hydrogen-bond acceptors (Lipinski definition) is 5. The van der Waals surface area contributed by atoms with Crippen LogP contribution in [0, 0.1) is 0 Å². The van der Waals surface area contributed by atoms with Crippen LogP contribution in [-0.2, 0) is 19.3 Å². The number of phenolic OH excluding ortho intramolecular Hbond substituents is 1. The monoisotopic (exact) mass is 474 g/mol. The van der Waals surface area contributed by atoms with Crippen LogP contribution < -0.4 is 14.8 Å². The van der Waals surface area contributed by atoms with Gasteiger partial charge in [0.2, 0.25) is 0 Å². The van der Waals surface area contributed by atoms with Gasteiger partial charge in [0.15, 0.2) is 0 Å². The fourth-order valence-corrected chi connectivity index (χ4v) is 4.79. The Hall–Kier alpha value is -3.18. The van der Waals surface area contributed by atoms with E-state index < -0.39 is 0 Å². The van der Waals surface area contributed by atoms with Crippen LogP contribution in [0.5, 0.6) is 17.2 Å². The van der Waals surface area contributed by atoms with Gasteiger partial charge in [0.1, 0.15) is 23.9 Å². The van der Waals surface area contributed by atoms with Crippen molar-refractivity contribution in [3.63, 3.8) is 0 Å². The highest BCUT2D eigenvalue weighted by atomic mass is 16.5. The molecular weight excluding hydrogens is 436 g/mol. The van der Waals surface area contributed by atoms with E-state index in [-0.39, 0.29) is 0 Å². The summed E-state index contributed by atoms with van der Waals surface area (Å²) in [7, 11) is 5.82. The molecule has 186 valence electrons. The molecule has 0 heterocycles. The number of ether oxygens (including phenoxy) is 2. The van der Waals surface area contributed by atoms with E-state index in [9.17, 15) is 5.11 Å². The number of hydrogen-bond donors (Lipinski definition) is 2. The molecule has 0 spiro atoms. The molecule has 4 rings (SSSR count). The van der Waals surface area contributed by atoms with Crippen LogP contribution in [0.25, 0.3) is 0 Å². The number of nitrogens with zero attached hydrogens (tertiary/aromatic N) is 1. The van der Waals surface area contributed by atoms with Crippen LogP contribution in [0.2, 0.25) is 0 Å². The van der Waals surface area contributed by atoms with Gasteiger partial charge >= 0.3 is 0 Å². The molecule has 0 radical (unpaired) electrons. The Morgan fingerprint density at radius 1 is 0.971 bits per heavy atom. The zero-order valence-corrected chi connectivity index (χ0v) is 21.2. The molecule has 0 saturated heterocycles. The normalized spacial score (nSPS) is 15.0. The average Bonchev–Trinajstić information content (AvgIpc) is 2.87. The summed E-state index contributed by atoms with van der Waals surface area (Å²) in [5.74, 6) is 2.63. The number of benzene rings is 3. The van der Waals surface area contributed by atoms with Gasteiger partial charge in [-0.25, -0.2) is 0 Å². The molecule has 0 aliphatic heterocycles. The summed E-state index contributed by atoms with van der Waals surface area (Å²) in [5.41, 5.74) is 6.46. The number of aryl methyl sites for hydroxylation is 2. The zero-order chi connectivity index (χ0) is 24.6. The van der Waals surface area contributed by atoms with Gasteiger partial charge in [-0.05, 0) is 105 Å². The Bertz CT molecular complexity index is 1100. The minimum atomic E-state index is 0.362. The summed E-state index contributed by atoms with van der Waals surface area (Å²) in [6.07, 6.45) is 5.14. The third kappa shape index (κ3) is 6.92. The lowest BCUT2D eigenvalue weighted by atomic mass is 9.79. The first-order valence-corrected chi connectivity index (χ1v) is 12.6. The Balaban J connectivity index is 1.33. The molecule has 1 aliphatic carbocycles. The molecule has 0 bridgehead atoms. The summed E-state index contributed by atoms with van der Waals surface area (Å²) in [4.78, 5) is 2.12. The second-order valence-electron chi connectivity index (χ2n) is 9.67. The van der Waals surface area contributed by atoms with E-state index >= 15 is 0 Å². The first kappa shape index (κ1) is 24.9. The van der Waals surface area contributed by atoms with E-state index in [4.69, 9.17) is 9.47 Å². The van der Waals surface area contributed by atoms with Gasteiger partial charge in [-0.15, -0.1) is 0 Å². The summed E-state index contributed by atoms with van der Waals surface area (Å²) < 4.78 is 11.3. The highest BCUT2D eigenvalue weighted by molar-refractivity contribution is 5.57. The summed E-state index contributed by atoms with van der Waals surface area (Å²) in [6.45, 7) is 2.52. The standard InChI is InChI=1S/C30H38N2O3/c1-32(2)17-18-35-27-12-6-22(7-13-27)5-4-16-31-30-21-28(34-3)14-15-29(30)25-9-8-24-20-26(33)11-10-23(24)19-25/h6-7,10-15,20-21,25,31,33H,4-5,8-9,16-19H2,1-3H3. The first-order valence-electron chi connectivity index (χ1n) is 12.6. The van der Waals surface area contributed by atoms with E-state index in [1.54, 1.807) is 13.2 Å². The molecule has 1 atom stereocenters. The topological polar surface area (TPSA) is 54.0 Å². The van der Waals surface area contributed by atoms with E-state index in [1.165, 1.54) is 27.9 Å². The molecule has 1 aliphatic rings. The van der Waals surface area contributed by atoms with Gasteiger partial charge < -0.3 is 24.8 Å². The van der Waals surface area contributed by atoms with E-state index in [2.05, 4.69) is 72.8 Å². The van der Waals surface area contributed by atoms with Crippen LogP contribution in [0.3, 0.4) is 0 Å². The number of fused-ring (bicyclic) bond motifs is 1. The minimum Gasteiger partial charge on any atom is -0.508 e. The van der Waals surface area contributed by atoms with Crippen LogP contribution in [0.4, 0.5) is 5.69 Å². The van der Waals surface area contributed by atoms with Gasteiger partial charge in [0.05, 0.1) is 7.11 Å². The van der Waals surface area contributed by atoms with Crippen molar-refractivity contribution < 1.29 is 14.6 Å². The van der Waals surface area contributed by atoms with Gasteiger partial charge in [-0.3, -0.25) is 0 Å². The second-order valence-corrected chi connectivity index (χ2v) is 9.67. The van der Waals surface area contributed by atoms with Crippen molar-refractivity contribution >= 4 is 5.69 Å². The number of phenols is 1. The number of likely N-dealkylation sites (N-methyl/N-ethyl adjacent to an activating group) is 1. The number of aromatic hydroxyl groups is 1. The second kappa shape index (κ2) is 12.0. The van der Waals surface area contributed by atoms with Crippen LogP contribution in [0.1, 0.15) is 41.0 Å². The minimum absolute atomic E-state index is 0.362. The SMILES string of the molecule is COc1ccc(C2CCc3cc(O)ccc3C2)c(NCCCc2ccc(OCCN(C)C)cc2)c1. The highest BCUT2D eigenvalue weighted by Gasteiger charge is 2.23. The molecule has 3 aromatic rings. The summed E-state index contributed by atoms with van der Waals surface area (Å²) >= 11 is 0. The molecular formula is C30H38N2O3. The van der Waals surface area contributed by atoms with Crippen molar-refractivity contribution in [3.05, 3.63) is 82.9 Å². The van der Waals surface area contributed by atoms with Crippen molar-refractivity contribution in [3.8, 4) is 17.2 Å². The number of anilines is 1. The van der Waals surface area contributed by atoms with Gasteiger partial charge in [-0.2, -0.15) is 0 Å². The Morgan fingerprint density at radius 3 is 2.54 bits per heavy atom. The molecule has 0 aromatic heterocycles. The fourth-order valence-electron chi connectivity index (χ4n) is 4.79. The number of nitrogens with one attached hydrogen (secondary N) is 1. The molecule has 3 aromatic carbocycles. The maximum Gasteiger partial charge on any atom is 0.120 e. The first-order chi connectivity index (χ1) is 17.0. The molecule has 0 fully saturated rings. The average molecular weight is 475 g/mol. The molecule has 0 amide bonds. The Morgan fingerprint density at radius 2 is 1.77 bits per heavy atom. The highest BCUT2D eigenvalue weighted by Crippen LogP contribution is 2.38. The fraction of sp³-hybridized carbons (Fsp3) is 0.400. The molecule has 35 heavy (non-hydrogen) atoms. The molecule has 5 heteroatoms. The third-order valence-corrected chi connectivity index (χ3v) is 6.81. The predicted molar refractivity (Wildman–Crippen MR) is 143 cm³/mol. The summed E-state index contributed by atoms with van der Waals surface area (Å²) in [5, 5.41) is 13.5. The van der Waals surface area contributed by atoms with Crippen LogP contribution in [0.15, 0.2) is 60.7 Å². The lowest BCUT2D eigenvalue weighted by molar-refractivity contribution is 0.261. The molecule has 2 N–H and O–H groups in total.